The van der Waals surface area contributed by atoms with E-state index < -0.39 is 0 Å². The highest BCUT2D eigenvalue weighted by atomic mass is 35.5. The van der Waals surface area contributed by atoms with Crippen LogP contribution in [0, 0.1) is 0 Å². The van der Waals surface area contributed by atoms with Crippen molar-refractivity contribution >= 4 is 11.6 Å². The van der Waals surface area contributed by atoms with Crippen LogP contribution in [0.1, 0.15) is 11.1 Å². The Kier molecular flexibility index (Phi) is 5.52. The molecule has 3 aromatic rings. The molecular formula is C21H19ClO2. The SMILES string of the molecule is OCCc1ccc(Cl)c(-c2ccccc2OCc2ccccc2)c1. The van der Waals surface area contributed by atoms with E-state index in [1.807, 2.05) is 72.8 Å². The third-order valence-corrected chi connectivity index (χ3v) is 4.18. The van der Waals surface area contributed by atoms with Gasteiger partial charge in [0.05, 0.1) is 0 Å². The zero-order valence-electron chi connectivity index (χ0n) is 13.3. The van der Waals surface area contributed by atoms with Gasteiger partial charge in [-0.1, -0.05) is 66.2 Å². The summed E-state index contributed by atoms with van der Waals surface area (Å²) in [5.41, 5.74) is 4.05. The Morgan fingerprint density at radius 3 is 2.33 bits per heavy atom. The van der Waals surface area contributed by atoms with Gasteiger partial charge in [0.15, 0.2) is 0 Å². The van der Waals surface area contributed by atoms with Gasteiger partial charge in [0.25, 0.3) is 0 Å². The first-order valence-electron chi connectivity index (χ1n) is 7.93. The number of para-hydroxylation sites is 1. The van der Waals surface area contributed by atoms with Gasteiger partial charge in [0, 0.05) is 22.8 Å². The van der Waals surface area contributed by atoms with Crippen LogP contribution in [0.3, 0.4) is 0 Å². The molecule has 2 nitrogen and oxygen atoms in total. The second kappa shape index (κ2) is 8.00. The van der Waals surface area contributed by atoms with Crippen LogP contribution in [-0.4, -0.2) is 11.7 Å². The van der Waals surface area contributed by atoms with Crippen molar-refractivity contribution in [2.45, 2.75) is 13.0 Å². The van der Waals surface area contributed by atoms with Crippen molar-refractivity contribution in [1.29, 1.82) is 0 Å². The number of ether oxygens (including phenoxy) is 1. The molecule has 0 unspecified atom stereocenters. The second-order valence-corrected chi connectivity index (χ2v) is 5.97. The second-order valence-electron chi connectivity index (χ2n) is 5.56. The van der Waals surface area contributed by atoms with E-state index >= 15 is 0 Å². The van der Waals surface area contributed by atoms with Crippen molar-refractivity contribution in [3.63, 3.8) is 0 Å². The molecule has 0 radical (unpaired) electrons. The van der Waals surface area contributed by atoms with E-state index in [0.717, 1.165) is 28.0 Å². The number of halogens is 1. The minimum absolute atomic E-state index is 0.118. The average molecular weight is 339 g/mol. The lowest BCUT2D eigenvalue weighted by Gasteiger charge is -2.14. The van der Waals surface area contributed by atoms with Crippen molar-refractivity contribution in [3.8, 4) is 16.9 Å². The minimum atomic E-state index is 0.118. The minimum Gasteiger partial charge on any atom is -0.488 e. The monoisotopic (exact) mass is 338 g/mol. The molecule has 0 aromatic heterocycles. The maximum Gasteiger partial charge on any atom is 0.127 e. The largest absolute Gasteiger partial charge is 0.488 e. The molecule has 0 aliphatic rings. The topological polar surface area (TPSA) is 29.5 Å². The van der Waals surface area contributed by atoms with E-state index in [1.54, 1.807) is 0 Å². The van der Waals surface area contributed by atoms with Crippen LogP contribution in [0.4, 0.5) is 0 Å². The Bertz CT molecular complexity index is 800. The zero-order valence-corrected chi connectivity index (χ0v) is 14.0. The van der Waals surface area contributed by atoms with Gasteiger partial charge in [0.2, 0.25) is 0 Å². The summed E-state index contributed by atoms with van der Waals surface area (Å²) in [6, 6.07) is 23.8. The van der Waals surface area contributed by atoms with Crippen LogP contribution in [0.2, 0.25) is 5.02 Å². The van der Waals surface area contributed by atoms with Crippen molar-refractivity contribution in [1.82, 2.24) is 0 Å². The van der Waals surface area contributed by atoms with Gasteiger partial charge in [-0.25, -0.2) is 0 Å². The van der Waals surface area contributed by atoms with Gasteiger partial charge in [-0.15, -0.1) is 0 Å². The molecule has 0 spiro atoms. The van der Waals surface area contributed by atoms with Crippen LogP contribution < -0.4 is 4.74 Å². The van der Waals surface area contributed by atoms with Gasteiger partial charge in [-0.3, -0.25) is 0 Å². The number of aliphatic hydroxyl groups excluding tert-OH is 1. The lowest BCUT2D eigenvalue weighted by Crippen LogP contribution is -1.97. The molecule has 0 saturated carbocycles. The quantitative estimate of drug-likeness (QED) is 0.676. The lowest BCUT2D eigenvalue weighted by molar-refractivity contribution is 0.299. The number of benzene rings is 3. The van der Waals surface area contributed by atoms with Gasteiger partial charge >= 0.3 is 0 Å². The molecule has 0 fully saturated rings. The van der Waals surface area contributed by atoms with Crippen molar-refractivity contribution < 1.29 is 9.84 Å². The van der Waals surface area contributed by atoms with Crippen molar-refractivity contribution in [2.24, 2.45) is 0 Å². The average Bonchev–Trinajstić information content (AvgIpc) is 2.63. The molecule has 0 amide bonds. The van der Waals surface area contributed by atoms with E-state index in [9.17, 15) is 0 Å². The molecule has 3 heteroatoms. The highest BCUT2D eigenvalue weighted by Gasteiger charge is 2.10. The van der Waals surface area contributed by atoms with Crippen LogP contribution in [0.15, 0.2) is 72.8 Å². The normalized spacial score (nSPS) is 10.6. The van der Waals surface area contributed by atoms with Crippen molar-refractivity contribution in [3.05, 3.63) is 88.9 Å². The Labute approximate surface area is 147 Å². The summed E-state index contributed by atoms with van der Waals surface area (Å²) in [5, 5.41) is 9.83. The Hall–Kier alpha value is -2.29. The maximum atomic E-state index is 9.16. The molecule has 1 N–H and O–H groups in total. The summed E-state index contributed by atoms with van der Waals surface area (Å²) in [6.07, 6.45) is 0.608. The summed E-state index contributed by atoms with van der Waals surface area (Å²) in [5.74, 6) is 0.796. The van der Waals surface area contributed by atoms with Gasteiger partial charge in [-0.05, 0) is 35.7 Å². The smallest absolute Gasteiger partial charge is 0.127 e. The zero-order chi connectivity index (χ0) is 16.8. The van der Waals surface area contributed by atoms with Crippen molar-refractivity contribution in [2.75, 3.05) is 6.61 Å². The fourth-order valence-electron chi connectivity index (χ4n) is 2.61. The standard InChI is InChI=1S/C21H19ClO2/c22-20-11-10-16(12-13-23)14-19(20)18-8-4-5-9-21(18)24-15-17-6-2-1-3-7-17/h1-11,14,23H,12-13,15H2. The molecule has 3 rings (SSSR count). The van der Waals surface area contributed by atoms with Crippen LogP contribution in [0.5, 0.6) is 5.75 Å². The summed E-state index contributed by atoms with van der Waals surface area (Å²) in [4.78, 5) is 0. The van der Waals surface area contributed by atoms with E-state index in [2.05, 4.69) is 0 Å². The van der Waals surface area contributed by atoms with E-state index in [-0.39, 0.29) is 6.61 Å². The third-order valence-electron chi connectivity index (χ3n) is 3.85. The van der Waals surface area contributed by atoms with Gasteiger partial charge < -0.3 is 9.84 Å². The van der Waals surface area contributed by atoms with Gasteiger partial charge in [0.1, 0.15) is 12.4 Å². The maximum absolute atomic E-state index is 9.16. The van der Waals surface area contributed by atoms with Gasteiger partial charge in [-0.2, -0.15) is 0 Å². The van der Waals surface area contributed by atoms with Crippen LogP contribution >= 0.6 is 11.6 Å². The predicted molar refractivity (Wildman–Crippen MR) is 98.5 cm³/mol. The summed E-state index contributed by atoms with van der Waals surface area (Å²) < 4.78 is 6.02. The van der Waals surface area contributed by atoms with E-state index in [1.165, 1.54) is 0 Å². The van der Waals surface area contributed by atoms with Crippen LogP contribution in [0.25, 0.3) is 11.1 Å². The Morgan fingerprint density at radius 2 is 1.54 bits per heavy atom. The molecule has 3 aromatic carbocycles. The molecule has 0 atom stereocenters. The Balaban J connectivity index is 1.90. The molecule has 0 aliphatic heterocycles. The fraction of sp³-hybridized carbons (Fsp3) is 0.143. The summed E-state index contributed by atoms with van der Waals surface area (Å²) in [6.45, 7) is 0.624. The first kappa shape index (κ1) is 16.6. The first-order valence-corrected chi connectivity index (χ1v) is 8.31. The highest BCUT2D eigenvalue weighted by molar-refractivity contribution is 6.33. The molecule has 0 bridgehead atoms. The summed E-state index contributed by atoms with van der Waals surface area (Å²) in [7, 11) is 0. The number of hydrogen-bond acceptors (Lipinski definition) is 2. The van der Waals surface area contributed by atoms with E-state index in [4.69, 9.17) is 21.4 Å². The number of rotatable bonds is 6. The first-order chi connectivity index (χ1) is 11.8. The summed E-state index contributed by atoms with van der Waals surface area (Å²) >= 11 is 6.40. The number of aliphatic hydroxyl groups is 1. The third kappa shape index (κ3) is 3.97. The lowest BCUT2D eigenvalue weighted by atomic mass is 10.0. The molecule has 122 valence electrons. The molecule has 0 heterocycles. The molecule has 0 saturated heterocycles. The molecule has 24 heavy (non-hydrogen) atoms. The number of hydrogen-bond donors (Lipinski definition) is 1. The molecular weight excluding hydrogens is 320 g/mol. The highest BCUT2D eigenvalue weighted by Crippen LogP contribution is 2.35. The predicted octanol–water partition coefficient (Wildman–Crippen LogP) is 5.12. The Morgan fingerprint density at radius 1 is 0.792 bits per heavy atom. The fourth-order valence-corrected chi connectivity index (χ4v) is 2.83. The van der Waals surface area contributed by atoms with E-state index in [0.29, 0.717) is 18.1 Å². The molecule has 0 aliphatic carbocycles. The van der Waals surface area contributed by atoms with Crippen LogP contribution in [-0.2, 0) is 13.0 Å².